The van der Waals surface area contributed by atoms with E-state index in [-0.39, 0.29) is 22.9 Å². The molecular weight excluding hydrogens is 676 g/mol. The van der Waals surface area contributed by atoms with Gasteiger partial charge in [0.1, 0.15) is 0 Å². The second-order valence-electron chi connectivity index (χ2n) is 12.1. The molecule has 0 aromatic heterocycles. The summed E-state index contributed by atoms with van der Waals surface area (Å²) in [6.45, 7) is -0.836. The van der Waals surface area contributed by atoms with Crippen LogP contribution in [0, 0.1) is 20.2 Å². The molecule has 0 saturated heterocycles. The van der Waals surface area contributed by atoms with Gasteiger partial charge in [0.2, 0.25) is 0 Å². The zero-order chi connectivity index (χ0) is 37.0. The van der Waals surface area contributed by atoms with Crippen molar-refractivity contribution in [2.24, 2.45) is 0 Å². The fourth-order valence-corrected chi connectivity index (χ4v) is 6.77. The number of para-hydroxylation sites is 4. The molecule has 7 rings (SSSR count). The molecule has 0 unspecified atom stereocenters. The van der Waals surface area contributed by atoms with Crippen molar-refractivity contribution in [2.75, 3.05) is 23.8 Å². The van der Waals surface area contributed by atoms with Crippen LogP contribution in [0.3, 0.4) is 0 Å². The van der Waals surface area contributed by atoms with E-state index in [1.807, 2.05) is 48.5 Å². The minimum atomic E-state index is -0.761. The van der Waals surface area contributed by atoms with E-state index in [1.165, 1.54) is 36.4 Å². The number of fused-ring (bicyclic) bond motifs is 3. The first kappa shape index (κ1) is 34.1. The van der Waals surface area contributed by atoms with Gasteiger partial charge in [0, 0.05) is 23.5 Å². The van der Waals surface area contributed by atoms with Gasteiger partial charge in [-0.2, -0.15) is 0 Å². The zero-order valence-corrected chi connectivity index (χ0v) is 27.9. The summed E-state index contributed by atoms with van der Waals surface area (Å²) in [5.74, 6) is -0.957. The van der Waals surface area contributed by atoms with E-state index in [2.05, 4.69) is 34.9 Å². The van der Waals surface area contributed by atoms with Gasteiger partial charge in [0.25, 0.3) is 11.8 Å². The molecule has 0 aliphatic heterocycles. The topological polar surface area (TPSA) is 163 Å². The monoisotopic (exact) mass is 706 g/mol. The maximum Gasteiger partial charge on any atom is 0.310 e. The number of amides is 2. The van der Waals surface area contributed by atoms with E-state index < -0.39 is 40.3 Å². The molecule has 0 atom stereocenters. The van der Waals surface area contributed by atoms with Gasteiger partial charge in [-0.15, -0.1) is 0 Å². The molecule has 262 valence electrons. The number of carbonyl (C=O) groups is 2. The van der Waals surface area contributed by atoms with E-state index in [0.717, 1.165) is 33.4 Å². The lowest BCUT2D eigenvalue weighted by Gasteiger charge is -2.34. The Morgan fingerprint density at radius 3 is 1.26 bits per heavy atom. The minimum Gasteiger partial charge on any atom is -0.477 e. The standard InChI is InChI=1S/C41H30N4O8/c46-39(25-52-37-15-7-5-13-35(37)44(48)49)42-29-21-17-27(18-22-29)41(33-11-3-1-9-31(33)32-10-2-4-12-34(32)41)28-19-23-30(24-20-28)43-40(47)26-53-38-16-8-6-14-36(38)45(50)51/h1-24H,25-26H2,(H,42,46)(H,43,47). The van der Waals surface area contributed by atoms with Crippen LogP contribution >= 0.6 is 0 Å². The fraction of sp³-hybridized carbons (Fsp3) is 0.0732. The number of nitrogens with one attached hydrogen (secondary N) is 2. The molecule has 53 heavy (non-hydrogen) atoms. The van der Waals surface area contributed by atoms with Gasteiger partial charge in [-0.1, -0.05) is 97.1 Å². The van der Waals surface area contributed by atoms with Crippen LogP contribution in [0.4, 0.5) is 22.7 Å². The third-order valence-electron chi connectivity index (χ3n) is 9.00. The quantitative estimate of drug-likeness (QED) is 0.0957. The van der Waals surface area contributed by atoms with Crippen molar-refractivity contribution in [1.29, 1.82) is 0 Å². The Morgan fingerprint density at radius 2 is 0.868 bits per heavy atom. The molecule has 0 radical (unpaired) electrons. The summed E-state index contributed by atoms with van der Waals surface area (Å²) in [5.41, 5.74) is 5.95. The highest BCUT2D eigenvalue weighted by Gasteiger charge is 2.45. The van der Waals surface area contributed by atoms with Gasteiger partial charge in [0.15, 0.2) is 24.7 Å². The van der Waals surface area contributed by atoms with E-state index in [4.69, 9.17) is 9.47 Å². The summed E-state index contributed by atoms with van der Waals surface area (Å²) in [6.07, 6.45) is 0. The Hall–Kier alpha value is -7.34. The van der Waals surface area contributed by atoms with Gasteiger partial charge < -0.3 is 20.1 Å². The number of hydrogen-bond acceptors (Lipinski definition) is 8. The van der Waals surface area contributed by atoms with Gasteiger partial charge in [-0.05, 0) is 69.8 Å². The largest absolute Gasteiger partial charge is 0.477 e. The van der Waals surface area contributed by atoms with Gasteiger partial charge in [-0.3, -0.25) is 29.8 Å². The van der Waals surface area contributed by atoms with E-state index in [9.17, 15) is 29.8 Å². The maximum absolute atomic E-state index is 12.8. The first-order chi connectivity index (χ1) is 25.8. The van der Waals surface area contributed by atoms with Crippen LogP contribution in [0.1, 0.15) is 22.3 Å². The number of nitro benzene ring substituents is 2. The Morgan fingerprint density at radius 1 is 0.509 bits per heavy atom. The first-order valence-electron chi connectivity index (χ1n) is 16.5. The molecule has 0 spiro atoms. The van der Waals surface area contributed by atoms with Crippen molar-refractivity contribution in [3.63, 3.8) is 0 Å². The summed E-state index contributed by atoms with van der Waals surface area (Å²) >= 11 is 0. The lowest BCUT2D eigenvalue weighted by atomic mass is 9.67. The van der Waals surface area contributed by atoms with Crippen molar-refractivity contribution >= 4 is 34.6 Å². The Bertz CT molecular complexity index is 2190. The molecule has 1 aliphatic rings. The molecule has 1 aliphatic carbocycles. The van der Waals surface area contributed by atoms with Crippen LogP contribution < -0.4 is 20.1 Å². The number of nitro groups is 2. The molecule has 6 aromatic carbocycles. The lowest BCUT2D eigenvalue weighted by Crippen LogP contribution is -2.28. The number of rotatable bonds is 12. The maximum atomic E-state index is 12.8. The predicted molar refractivity (Wildman–Crippen MR) is 198 cm³/mol. The Labute approximate surface area is 302 Å². The summed E-state index contributed by atoms with van der Waals surface area (Å²) in [5, 5.41) is 28.3. The number of ether oxygens (including phenoxy) is 2. The fourth-order valence-electron chi connectivity index (χ4n) is 6.77. The summed E-state index contributed by atoms with van der Waals surface area (Å²) in [4.78, 5) is 47.1. The van der Waals surface area contributed by atoms with Crippen LogP contribution in [-0.2, 0) is 15.0 Å². The van der Waals surface area contributed by atoms with Crippen LogP contribution in [0.25, 0.3) is 11.1 Å². The molecule has 0 bridgehead atoms. The smallest absolute Gasteiger partial charge is 0.310 e. The molecule has 0 saturated carbocycles. The second-order valence-corrected chi connectivity index (χ2v) is 12.1. The van der Waals surface area contributed by atoms with E-state index in [1.54, 1.807) is 36.4 Å². The number of anilines is 2. The average Bonchev–Trinajstić information content (AvgIpc) is 3.48. The van der Waals surface area contributed by atoms with Crippen molar-refractivity contribution in [2.45, 2.75) is 5.41 Å². The third kappa shape index (κ3) is 6.64. The highest BCUT2D eigenvalue weighted by Crippen LogP contribution is 2.56. The Balaban J connectivity index is 1.15. The van der Waals surface area contributed by atoms with Gasteiger partial charge in [0.05, 0.1) is 15.3 Å². The van der Waals surface area contributed by atoms with Crippen molar-refractivity contribution in [1.82, 2.24) is 0 Å². The zero-order valence-electron chi connectivity index (χ0n) is 27.9. The lowest BCUT2D eigenvalue weighted by molar-refractivity contribution is -0.386. The van der Waals surface area contributed by atoms with Crippen molar-refractivity contribution in [3.05, 3.63) is 188 Å². The first-order valence-corrected chi connectivity index (χ1v) is 16.5. The summed E-state index contributed by atoms with van der Waals surface area (Å²) in [7, 11) is 0. The molecule has 0 heterocycles. The normalized spacial score (nSPS) is 12.2. The Kier molecular flexibility index (Phi) is 9.33. The molecule has 2 amide bonds. The number of hydrogen-bond donors (Lipinski definition) is 2. The molecule has 0 fully saturated rings. The number of benzene rings is 6. The van der Waals surface area contributed by atoms with Crippen LogP contribution in [-0.4, -0.2) is 34.9 Å². The second kappa shape index (κ2) is 14.5. The average molecular weight is 707 g/mol. The SMILES string of the molecule is O=C(COc1ccccc1[N+](=O)[O-])Nc1ccc(C2(c3ccc(NC(=O)COc4ccccc4[N+](=O)[O-])cc3)c3ccccc3-c3ccccc32)cc1. The van der Waals surface area contributed by atoms with E-state index in [0.29, 0.717) is 11.4 Å². The van der Waals surface area contributed by atoms with Crippen molar-refractivity contribution in [3.8, 4) is 22.6 Å². The highest BCUT2D eigenvalue weighted by molar-refractivity contribution is 5.93. The highest BCUT2D eigenvalue weighted by atomic mass is 16.6. The summed E-state index contributed by atoms with van der Waals surface area (Å²) in [6, 6.07) is 43.1. The molecule has 12 nitrogen and oxygen atoms in total. The molecule has 6 aromatic rings. The van der Waals surface area contributed by atoms with Gasteiger partial charge in [-0.25, -0.2) is 0 Å². The van der Waals surface area contributed by atoms with Gasteiger partial charge >= 0.3 is 11.4 Å². The number of carbonyl (C=O) groups excluding carboxylic acids is 2. The summed E-state index contributed by atoms with van der Waals surface area (Å²) < 4.78 is 10.9. The molecule has 2 N–H and O–H groups in total. The predicted octanol–water partition coefficient (Wildman–Crippen LogP) is 7.90. The van der Waals surface area contributed by atoms with E-state index >= 15 is 0 Å². The molecular formula is C41H30N4O8. The van der Waals surface area contributed by atoms with Crippen LogP contribution in [0.15, 0.2) is 146 Å². The molecule has 12 heteroatoms. The van der Waals surface area contributed by atoms with Crippen molar-refractivity contribution < 1.29 is 28.9 Å². The number of nitrogens with zero attached hydrogens (tertiary/aromatic N) is 2. The minimum absolute atomic E-state index is 0.000822. The van der Waals surface area contributed by atoms with Crippen LogP contribution in [0.5, 0.6) is 11.5 Å². The van der Waals surface area contributed by atoms with Crippen LogP contribution in [0.2, 0.25) is 0 Å². The third-order valence-corrected chi connectivity index (χ3v) is 9.00.